The van der Waals surface area contributed by atoms with E-state index in [9.17, 15) is 9.59 Å². The van der Waals surface area contributed by atoms with Crippen molar-refractivity contribution in [2.24, 2.45) is 5.41 Å². The highest BCUT2D eigenvalue weighted by molar-refractivity contribution is 5.89. The second-order valence-electron chi connectivity index (χ2n) is 4.69. The lowest BCUT2D eigenvalue weighted by atomic mass is 9.85. The van der Waals surface area contributed by atoms with Crippen LogP contribution in [0.15, 0.2) is 23.3 Å². The average molecular weight is 240 g/mol. The number of hydrogen-bond acceptors (Lipinski definition) is 4. The smallest absolute Gasteiger partial charge is 0.333 e. The Balaban J connectivity index is 5.31. The standard InChI is InChI=1S/C13H20O4/c1-9(12(15)17-6)7-10(13(2,3)4)8-11(14)16-5/h7-8H,1-6H3/b9-7-,10-8-. The van der Waals surface area contributed by atoms with Crippen LogP contribution in [0, 0.1) is 5.41 Å². The van der Waals surface area contributed by atoms with Gasteiger partial charge in [0.05, 0.1) is 14.2 Å². The molecule has 0 rings (SSSR count). The number of ether oxygens (including phenoxy) is 2. The minimum atomic E-state index is -0.441. The van der Waals surface area contributed by atoms with Crippen LogP contribution in [-0.2, 0) is 19.1 Å². The van der Waals surface area contributed by atoms with Gasteiger partial charge < -0.3 is 9.47 Å². The number of allylic oxidation sites excluding steroid dienone is 2. The second-order valence-corrected chi connectivity index (χ2v) is 4.69. The van der Waals surface area contributed by atoms with Gasteiger partial charge in [-0.1, -0.05) is 20.8 Å². The highest BCUT2D eigenvalue weighted by atomic mass is 16.5. The number of methoxy groups -OCH3 is 2. The normalized spacial score (nSPS) is 13.3. The fraction of sp³-hybridized carbons (Fsp3) is 0.538. The van der Waals surface area contributed by atoms with Gasteiger partial charge in [-0.25, -0.2) is 9.59 Å². The van der Waals surface area contributed by atoms with Gasteiger partial charge in [0, 0.05) is 11.6 Å². The van der Waals surface area contributed by atoms with Gasteiger partial charge in [-0.2, -0.15) is 0 Å². The van der Waals surface area contributed by atoms with Gasteiger partial charge in [0.1, 0.15) is 0 Å². The van der Waals surface area contributed by atoms with Crippen LogP contribution in [0.2, 0.25) is 0 Å². The number of esters is 2. The van der Waals surface area contributed by atoms with Crippen molar-refractivity contribution in [3.05, 3.63) is 23.3 Å². The predicted molar refractivity (Wildman–Crippen MR) is 65.3 cm³/mol. The lowest BCUT2D eigenvalue weighted by Crippen LogP contribution is -2.12. The molecule has 0 fully saturated rings. The molecule has 96 valence electrons. The third-order valence-electron chi connectivity index (χ3n) is 2.22. The summed E-state index contributed by atoms with van der Waals surface area (Å²) >= 11 is 0. The van der Waals surface area contributed by atoms with Crippen molar-refractivity contribution in [2.75, 3.05) is 14.2 Å². The molecule has 0 aliphatic rings. The van der Waals surface area contributed by atoms with Crippen LogP contribution < -0.4 is 0 Å². The summed E-state index contributed by atoms with van der Waals surface area (Å²) in [5.41, 5.74) is 0.897. The summed E-state index contributed by atoms with van der Waals surface area (Å²) in [6.45, 7) is 7.48. The molecule has 0 bridgehead atoms. The third-order valence-corrected chi connectivity index (χ3v) is 2.22. The lowest BCUT2D eigenvalue weighted by molar-refractivity contribution is -0.136. The quantitative estimate of drug-likeness (QED) is 0.431. The van der Waals surface area contributed by atoms with Crippen LogP contribution in [0.4, 0.5) is 0 Å². The molecule has 0 aromatic carbocycles. The second kappa shape index (κ2) is 6.23. The van der Waals surface area contributed by atoms with E-state index in [1.54, 1.807) is 13.0 Å². The summed E-state index contributed by atoms with van der Waals surface area (Å²) in [5.74, 6) is -0.853. The zero-order chi connectivity index (χ0) is 13.6. The molecule has 0 aliphatic heterocycles. The van der Waals surface area contributed by atoms with Crippen molar-refractivity contribution in [1.29, 1.82) is 0 Å². The molecule has 17 heavy (non-hydrogen) atoms. The van der Waals surface area contributed by atoms with E-state index in [2.05, 4.69) is 9.47 Å². The highest BCUT2D eigenvalue weighted by Crippen LogP contribution is 2.27. The summed E-state index contributed by atoms with van der Waals surface area (Å²) < 4.78 is 9.19. The van der Waals surface area contributed by atoms with Gasteiger partial charge in [0.15, 0.2) is 0 Å². The summed E-state index contributed by atoms with van der Waals surface area (Å²) in [7, 11) is 2.64. The maximum atomic E-state index is 11.3. The summed E-state index contributed by atoms with van der Waals surface area (Å²) in [5, 5.41) is 0. The number of carbonyl (C=O) groups excluding carboxylic acids is 2. The van der Waals surface area contributed by atoms with Crippen molar-refractivity contribution < 1.29 is 19.1 Å². The van der Waals surface area contributed by atoms with Crippen molar-refractivity contribution in [3.8, 4) is 0 Å². The Kier molecular flexibility index (Phi) is 5.65. The fourth-order valence-corrected chi connectivity index (χ4v) is 1.11. The lowest BCUT2D eigenvalue weighted by Gasteiger charge is -2.20. The van der Waals surface area contributed by atoms with Crippen molar-refractivity contribution >= 4 is 11.9 Å². The Labute approximate surface area is 102 Å². The van der Waals surface area contributed by atoms with Gasteiger partial charge in [-0.15, -0.1) is 0 Å². The largest absolute Gasteiger partial charge is 0.466 e. The highest BCUT2D eigenvalue weighted by Gasteiger charge is 2.18. The van der Waals surface area contributed by atoms with Crippen LogP contribution in [0.1, 0.15) is 27.7 Å². The SMILES string of the molecule is COC(=O)/C=C(/C=C(/C)C(=O)OC)C(C)(C)C. The molecule has 4 heteroatoms. The first-order valence-corrected chi connectivity index (χ1v) is 5.29. The Hall–Kier alpha value is -1.58. The Morgan fingerprint density at radius 2 is 1.53 bits per heavy atom. The van der Waals surface area contributed by atoms with Crippen LogP contribution in [0.3, 0.4) is 0 Å². The van der Waals surface area contributed by atoms with E-state index < -0.39 is 11.9 Å². The monoisotopic (exact) mass is 240 g/mol. The third kappa shape index (κ3) is 5.33. The number of rotatable bonds is 3. The molecule has 0 spiro atoms. The Morgan fingerprint density at radius 3 is 1.88 bits per heavy atom. The topological polar surface area (TPSA) is 52.6 Å². The first-order chi connectivity index (χ1) is 7.72. The van der Waals surface area contributed by atoms with E-state index in [1.165, 1.54) is 20.3 Å². The predicted octanol–water partition coefficient (Wildman–Crippen LogP) is 2.25. The summed E-state index contributed by atoms with van der Waals surface area (Å²) in [4.78, 5) is 22.5. The minimum absolute atomic E-state index is 0.260. The van der Waals surface area contributed by atoms with Crippen molar-refractivity contribution in [2.45, 2.75) is 27.7 Å². The minimum Gasteiger partial charge on any atom is -0.466 e. The molecule has 0 heterocycles. The van der Waals surface area contributed by atoms with Gasteiger partial charge in [-0.3, -0.25) is 0 Å². The van der Waals surface area contributed by atoms with E-state index in [0.717, 1.165) is 0 Å². The van der Waals surface area contributed by atoms with Crippen LogP contribution >= 0.6 is 0 Å². The van der Waals surface area contributed by atoms with Crippen LogP contribution in [-0.4, -0.2) is 26.2 Å². The molecule has 0 amide bonds. The molecule has 0 aliphatic carbocycles. The van der Waals surface area contributed by atoms with Crippen molar-refractivity contribution in [3.63, 3.8) is 0 Å². The Bertz CT molecular complexity index is 356. The van der Waals surface area contributed by atoms with Gasteiger partial charge in [0.25, 0.3) is 0 Å². The molecule has 0 aromatic heterocycles. The van der Waals surface area contributed by atoms with E-state index in [4.69, 9.17) is 0 Å². The van der Waals surface area contributed by atoms with Gasteiger partial charge in [0.2, 0.25) is 0 Å². The summed E-state index contributed by atoms with van der Waals surface area (Å²) in [6, 6.07) is 0. The van der Waals surface area contributed by atoms with E-state index in [0.29, 0.717) is 11.1 Å². The van der Waals surface area contributed by atoms with E-state index in [1.807, 2.05) is 20.8 Å². The maximum Gasteiger partial charge on any atom is 0.333 e. The molecule has 0 atom stereocenters. The zero-order valence-corrected chi connectivity index (χ0v) is 11.3. The molecule has 0 radical (unpaired) electrons. The molecular formula is C13H20O4. The zero-order valence-electron chi connectivity index (χ0n) is 11.3. The Morgan fingerprint density at radius 1 is 1.00 bits per heavy atom. The van der Waals surface area contributed by atoms with Crippen LogP contribution in [0.25, 0.3) is 0 Å². The molecule has 4 nitrogen and oxygen atoms in total. The van der Waals surface area contributed by atoms with E-state index in [-0.39, 0.29) is 5.41 Å². The molecular weight excluding hydrogens is 220 g/mol. The molecule has 0 saturated carbocycles. The van der Waals surface area contributed by atoms with E-state index >= 15 is 0 Å². The fourth-order valence-electron chi connectivity index (χ4n) is 1.11. The molecule has 0 unspecified atom stereocenters. The maximum absolute atomic E-state index is 11.3. The van der Waals surface area contributed by atoms with Gasteiger partial charge >= 0.3 is 11.9 Å². The summed E-state index contributed by atoms with van der Waals surface area (Å²) in [6.07, 6.45) is 3.02. The molecule has 0 aromatic rings. The number of carbonyl (C=O) groups is 2. The molecule has 0 saturated heterocycles. The van der Waals surface area contributed by atoms with Crippen LogP contribution in [0.5, 0.6) is 0 Å². The first-order valence-electron chi connectivity index (χ1n) is 5.29. The average Bonchev–Trinajstić information content (AvgIpc) is 2.25. The first kappa shape index (κ1) is 15.4. The van der Waals surface area contributed by atoms with Gasteiger partial charge in [-0.05, 0) is 24.0 Å². The molecule has 0 N–H and O–H groups in total. The number of hydrogen-bond donors (Lipinski definition) is 0. The van der Waals surface area contributed by atoms with Crippen molar-refractivity contribution in [1.82, 2.24) is 0 Å².